The Labute approximate surface area is 169 Å². The summed E-state index contributed by atoms with van der Waals surface area (Å²) in [5.41, 5.74) is 0.944. The van der Waals surface area contributed by atoms with Crippen molar-refractivity contribution in [1.29, 1.82) is 0 Å². The van der Waals surface area contributed by atoms with Crippen molar-refractivity contribution in [2.75, 3.05) is 26.8 Å². The molecule has 0 aliphatic carbocycles. The molecule has 1 saturated heterocycles. The lowest BCUT2D eigenvalue weighted by atomic mass is 9.97. The first-order chi connectivity index (χ1) is 13.6. The number of carbonyl (C=O) groups excluding carboxylic acids is 2. The summed E-state index contributed by atoms with van der Waals surface area (Å²) in [5.74, 6) is 1.16. The topological polar surface area (TPSA) is 67.9 Å². The van der Waals surface area contributed by atoms with Crippen LogP contribution < -0.4 is 14.8 Å². The number of hydrogen-bond acceptors (Lipinski definition) is 5. The zero-order chi connectivity index (χ0) is 19.9. The molecular formula is C21H26N2O4S. The molecule has 1 aliphatic heterocycles. The normalized spacial score (nSPS) is 16.5. The van der Waals surface area contributed by atoms with E-state index in [-0.39, 0.29) is 17.7 Å². The molecular weight excluding hydrogens is 376 g/mol. The van der Waals surface area contributed by atoms with Crippen LogP contribution >= 0.6 is 11.3 Å². The smallest absolute Gasteiger partial charge is 0.263 e. The van der Waals surface area contributed by atoms with E-state index < -0.39 is 0 Å². The minimum Gasteiger partial charge on any atom is -0.493 e. The number of nitrogens with zero attached hydrogens (tertiary/aromatic N) is 1. The summed E-state index contributed by atoms with van der Waals surface area (Å²) in [6.07, 6.45) is 1.64. The summed E-state index contributed by atoms with van der Waals surface area (Å²) in [5, 5.41) is 4.89. The van der Waals surface area contributed by atoms with E-state index >= 15 is 0 Å². The summed E-state index contributed by atoms with van der Waals surface area (Å²) in [7, 11) is 1.60. The number of rotatable bonds is 7. The van der Waals surface area contributed by atoms with Crippen LogP contribution in [-0.2, 0) is 11.3 Å². The number of hydrogen-bond donors (Lipinski definition) is 1. The molecule has 1 atom stereocenters. The second-order valence-electron chi connectivity index (χ2n) is 6.70. The van der Waals surface area contributed by atoms with Gasteiger partial charge in [0.1, 0.15) is 0 Å². The Morgan fingerprint density at radius 3 is 2.86 bits per heavy atom. The molecule has 0 saturated carbocycles. The highest BCUT2D eigenvalue weighted by atomic mass is 32.1. The van der Waals surface area contributed by atoms with Crippen LogP contribution in [0.2, 0.25) is 0 Å². The van der Waals surface area contributed by atoms with Crippen molar-refractivity contribution in [2.24, 2.45) is 5.92 Å². The van der Waals surface area contributed by atoms with Gasteiger partial charge < -0.3 is 19.7 Å². The minimum absolute atomic E-state index is 0.0162. The highest BCUT2D eigenvalue weighted by molar-refractivity contribution is 7.12. The van der Waals surface area contributed by atoms with Crippen molar-refractivity contribution in [3.63, 3.8) is 0 Å². The van der Waals surface area contributed by atoms with Gasteiger partial charge in [0, 0.05) is 19.6 Å². The molecule has 0 spiro atoms. The molecule has 1 aromatic heterocycles. The van der Waals surface area contributed by atoms with Crippen LogP contribution in [0.15, 0.2) is 35.7 Å². The number of likely N-dealkylation sites (tertiary alicyclic amines) is 1. The van der Waals surface area contributed by atoms with Crippen LogP contribution in [0, 0.1) is 5.92 Å². The van der Waals surface area contributed by atoms with Gasteiger partial charge in [0.15, 0.2) is 11.5 Å². The Kier molecular flexibility index (Phi) is 6.92. The number of amides is 2. The number of nitrogens with one attached hydrogen (secondary N) is 1. The van der Waals surface area contributed by atoms with Crippen molar-refractivity contribution >= 4 is 23.2 Å². The Morgan fingerprint density at radius 2 is 2.14 bits per heavy atom. The molecule has 1 N–H and O–H groups in total. The average Bonchev–Trinajstić information content (AvgIpc) is 3.27. The maximum atomic E-state index is 12.7. The summed E-state index contributed by atoms with van der Waals surface area (Å²) in [4.78, 5) is 27.7. The third-order valence-corrected chi connectivity index (χ3v) is 5.66. The van der Waals surface area contributed by atoms with Gasteiger partial charge in [0.2, 0.25) is 5.91 Å². The number of ether oxygens (including phenoxy) is 2. The van der Waals surface area contributed by atoms with Crippen molar-refractivity contribution in [2.45, 2.75) is 26.3 Å². The molecule has 1 aliphatic rings. The van der Waals surface area contributed by atoms with Gasteiger partial charge in [0.05, 0.1) is 24.5 Å². The average molecular weight is 403 g/mol. The number of methoxy groups -OCH3 is 1. The predicted molar refractivity (Wildman–Crippen MR) is 109 cm³/mol. The monoisotopic (exact) mass is 402 g/mol. The number of carbonyl (C=O) groups is 2. The van der Waals surface area contributed by atoms with E-state index in [1.165, 1.54) is 11.3 Å². The quantitative estimate of drug-likeness (QED) is 0.771. The third kappa shape index (κ3) is 4.84. The van der Waals surface area contributed by atoms with Crippen LogP contribution in [0.25, 0.3) is 0 Å². The summed E-state index contributed by atoms with van der Waals surface area (Å²) in [6.45, 7) is 4.05. The van der Waals surface area contributed by atoms with Gasteiger partial charge >= 0.3 is 0 Å². The highest BCUT2D eigenvalue weighted by Crippen LogP contribution is 2.28. The second kappa shape index (κ2) is 9.59. The van der Waals surface area contributed by atoms with Crippen LogP contribution in [-0.4, -0.2) is 43.5 Å². The predicted octanol–water partition coefficient (Wildman–Crippen LogP) is 3.32. The minimum atomic E-state index is -0.178. The zero-order valence-electron chi connectivity index (χ0n) is 16.3. The first kappa shape index (κ1) is 20.2. The van der Waals surface area contributed by atoms with E-state index in [2.05, 4.69) is 5.32 Å². The Morgan fingerprint density at radius 1 is 1.29 bits per heavy atom. The molecule has 3 rings (SSSR count). The highest BCUT2D eigenvalue weighted by Gasteiger charge is 2.29. The van der Waals surface area contributed by atoms with Crippen molar-refractivity contribution in [1.82, 2.24) is 10.2 Å². The van der Waals surface area contributed by atoms with E-state index in [1.54, 1.807) is 12.0 Å². The first-order valence-corrected chi connectivity index (χ1v) is 10.4. The molecule has 1 fully saturated rings. The van der Waals surface area contributed by atoms with Crippen LogP contribution in [0.4, 0.5) is 0 Å². The van der Waals surface area contributed by atoms with Gasteiger partial charge in [-0.15, -0.1) is 11.3 Å². The molecule has 0 bridgehead atoms. The van der Waals surface area contributed by atoms with Crippen molar-refractivity contribution in [3.05, 3.63) is 46.2 Å². The van der Waals surface area contributed by atoms with Crippen LogP contribution in [0.5, 0.6) is 11.5 Å². The van der Waals surface area contributed by atoms with Gasteiger partial charge in [-0.2, -0.15) is 0 Å². The van der Waals surface area contributed by atoms with E-state index in [0.29, 0.717) is 37.7 Å². The lowest BCUT2D eigenvalue weighted by Gasteiger charge is -2.31. The lowest BCUT2D eigenvalue weighted by molar-refractivity contribution is -0.126. The third-order valence-electron chi connectivity index (χ3n) is 4.81. The lowest BCUT2D eigenvalue weighted by Crippen LogP contribution is -2.45. The van der Waals surface area contributed by atoms with E-state index in [1.807, 2.05) is 42.6 Å². The number of thiophene rings is 1. The fourth-order valence-corrected chi connectivity index (χ4v) is 4.06. The van der Waals surface area contributed by atoms with Gasteiger partial charge in [0.25, 0.3) is 5.91 Å². The molecule has 2 amide bonds. The molecule has 1 aromatic carbocycles. The maximum absolute atomic E-state index is 12.7. The van der Waals surface area contributed by atoms with Gasteiger partial charge in [-0.3, -0.25) is 9.59 Å². The largest absolute Gasteiger partial charge is 0.493 e. The SMILES string of the molecule is CCOc1cc(CNC(=O)C2CCCN(C(=O)c3cccs3)C2)ccc1OC. The molecule has 2 heterocycles. The van der Waals surface area contributed by atoms with Crippen molar-refractivity contribution < 1.29 is 19.1 Å². The Balaban J connectivity index is 1.57. The van der Waals surface area contributed by atoms with E-state index in [0.717, 1.165) is 23.3 Å². The standard InChI is InChI=1S/C21H26N2O4S/c1-3-27-18-12-15(8-9-17(18)26-2)13-22-20(24)16-6-4-10-23(14-16)21(25)19-7-5-11-28-19/h5,7-9,11-12,16H,3-4,6,10,13-14H2,1-2H3,(H,22,24). The molecule has 0 radical (unpaired) electrons. The molecule has 7 heteroatoms. The first-order valence-electron chi connectivity index (χ1n) is 9.52. The molecule has 150 valence electrons. The molecule has 1 unspecified atom stereocenters. The molecule has 2 aromatic rings. The Bertz CT molecular complexity index is 807. The molecule has 28 heavy (non-hydrogen) atoms. The van der Waals surface area contributed by atoms with Crippen LogP contribution in [0.3, 0.4) is 0 Å². The van der Waals surface area contributed by atoms with E-state index in [9.17, 15) is 9.59 Å². The summed E-state index contributed by atoms with van der Waals surface area (Å²) < 4.78 is 10.9. The van der Waals surface area contributed by atoms with Gasteiger partial charge in [-0.1, -0.05) is 12.1 Å². The summed E-state index contributed by atoms with van der Waals surface area (Å²) >= 11 is 1.44. The van der Waals surface area contributed by atoms with Crippen molar-refractivity contribution in [3.8, 4) is 11.5 Å². The Hall–Kier alpha value is -2.54. The second-order valence-corrected chi connectivity index (χ2v) is 7.65. The molecule has 6 nitrogen and oxygen atoms in total. The van der Waals surface area contributed by atoms with Gasteiger partial charge in [-0.05, 0) is 48.9 Å². The number of piperidine rings is 1. The fraction of sp³-hybridized carbons (Fsp3) is 0.429. The maximum Gasteiger partial charge on any atom is 0.263 e. The van der Waals surface area contributed by atoms with Gasteiger partial charge in [-0.25, -0.2) is 0 Å². The zero-order valence-corrected chi connectivity index (χ0v) is 17.1. The van der Waals surface area contributed by atoms with Crippen LogP contribution in [0.1, 0.15) is 35.0 Å². The van der Waals surface area contributed by atoms with E-state index in [4.69, 9.17) is 9.47 Å². The summed E-state index contributed by atoms with van der Waals surface area (Å²) in [6, 6.07) is 9.34. The fourth-order valence-electron chi connectivity index (χ4n) is 3.36. The number of benzene rings is 1.